The van der Waals surface area contributed by atoms with E-state index in [0.717, 1.165) is 23.2 Å². The summed E-state index contributed by atoms with van der Waals surface area (Å²) in [6.07, 6.45) is 0.623. The zero-order valence-electron chi connectivity index (χ0n) is 23.0. The first kappa shape index (κ1) is 29.5. The van der Waals surface area contributed by atoms with Crippen LogP contribution in [0.1, 0.15) is 36.0 Å². The monoisotopic (exact) mass is 568 g/mol. The molecule has 40 heavy (non-hydrogen) atoms. The third-order valence-corrected chi connectivity index (χ3v) is 7.88. The van der Waals surface area contributed by atoms with Gasteiger partial charge in [0.15, 0.2) is 0 Å². The SMILES string of the molecule is Cc1cc(NC(=O)[C@H](CCN)NC(=O)[C@@H]2Cc3ccccc3CN2C(=O)CCC(=O)N2CCN(C)C2)ccc1Cl. The van der Waals surface area contributed by atoms with Gasteiger partial charge in [-0.05, 0) is 61.8 Å². The van der Waals surface area contributed by atoms with E-state index in [9.17, 15) is 19.2 Å². The number of nitrogens with two attached hydrogens (primary N) is 1. The number of hydrogen-bond acceptors (Lipinski definition) is 6. The molecule has 4 rings (SSSR count). The molecule has 0 bridgehead atoms. The molecule has 2 aromatic carbocycles. The van der Waals surface area contributed by atoms with Gasteiger partial charge in [-0.1, -0.05) is 35.9 Å². The molecule has 2 atom stereocenters. The molecular formula is C29H37ClN6O4. The highest BCUT2D eigenvalue weighted by Crippen LogP contribution is 2.25. The van der Waals surface area contributed by atoms with Gasteiger partial charge in [0.1, 0.15) is 12.1 Å². The van der Waals surface area contributed by atoms with Crippen molar-refractivity contribution in [3.05, 3.63) is 64.2 Å². The summed E-state index contributed by atoms with van der Waals surface area (Å²) in [5, 5.41) is 6.24. The van der Waals surface area contributed by atoms with E-state index >= 15 is 0 Å². The molecule has 2 aromatic rings. The van der Waals surface area contributed by atoms with E-state index in [1.165, 1.54) is 4.90 Å². The van der Waals surface area contributed by atoms with Crippen LogP contribution in [0, 0.1) is 6.92 Å². The smallest absolute Gasteiger partial charge is 0.246 e. The van der Waals surface area contributed by atoms with Gasteiger partial charge in [0.2, 0.25) is 23.6 Å². The van der Waals surface area contributed by atoms with Gasteiger partial charge in [-0.2, -0.15) is 0 Å². The molecule has 0 aromatic heterocycles. The molecule has 0 saturated carbocycles. The molecule has 10 nitrogen and oxygen atoms in total. The average Bonchev–Trinajstić information content (AvgIpc) is 3.38. The Morgan fingerprint density at radius 2 is 1.77 bits per heavy atom. The molecule has 1 saturated heterocycles. The topological polar surface area (TPSA) is 128 Å². The van der Waals surface area contributed by atoms with Crippen LogP contribution in [0.2, 0.25) is 5.02 Å². The van der Waals surface area contributed by atoms with Gasteiger partial charge in [0.05, 0.1) is 6.67 Å². The van der Waals surface area contributed by atoms with Crippen LogP contribution in [0.5, 0.6) is 0 Å². The zero-order chi connectivity index (χ0) is 28.8. The summed E-state index contributed by atoms with van der Waals surface area (Å²) in [5.74, 6) is -1.19. The number of nitrogens with zero attached hydrogens (tertiary/aromatic N) is 3. The molecule has 11 heteroatoms. The van der Waals surface area contributed by atoms with Crippen molar-refractivity contribution >= 4 is 40.9 Å². The number of halogens is 1. The zero-order valence-corrected chi connectivity index (χ0v) is 23.7. The number of carbonyl (C=O) groups is 4. The predicted octanol–water partition coefficient (Wildman–Crippen LogP) is 1.89. The lowest BCUT2D eigenvalue weighted by Crippen LogP contribution is -2.56. The quantitative estimate of drug-likeness (QED) is 0.424. The Balaban J connectivity index is 1.46. The van der Waals surface area contributed by atoms with Crippen LogP contribution in [0.3, 0.4) is 0 Å². The minimum absolute atomic E-state index is 0.00757. The Labute approximate surface area is 239 Å². The standard InChI is InChI=1S/C29H37ClN6O4/c1-19-15-22(7-8-23(19)30)32-28(39)24(11-12-31)33-29(40)25-16-20-5-3-4-6-21(20)17-36(25)27(38)10-9-26(37)35-14-13-34(2)18-35/h3-8,15,24-25H,9-14,16-18,31H2,1-2H3,(H,32,39)(H,33,40)/t24-,25-/m0/s1. The molecule has 4 amide bonds. The van der Waals surface area contributed by atoms with E-state index in [1.807, 2.05) is 43.1 Å². The number of hydrogen-bond donors (Lipinski definition) is 3. The second kappa shape index (κ2) is 13.3. The minimum atomic E-state index is -0.892. The van der Waals surface area contributed by atoms with Crippen molar-refractivity contribution in [1.82, 2.24) is 20.0 Å². The first-order chi connectivity index (χ1) is 19.2. The van der Waals surface area contributed by atoms with Crippen LogP contribution in [0.25, 0.3) is 0 Å². The number of amides is 4. The summed E-state index contributed by atoms with van der Waals surface area (Å²) in [6.45, 7) is 4.27. The molecule has 2 heterocycles. The third-order valence-electron chi connectivity index (χ3n) is 7.45. The van der Waals surface area contributed by atoms with Gasteiger partial charge < -0.3 is 26.2 Å². The largest absolute Gasteiger partial charge is 0.342 e. The number of fused-ring (bicyclic) bond motifs is 1. The molecule has 2 aliphatic rings. The highest BCUT2D eigenvalue weighted by Gasteiger charge is 2.36. The lowest BCUT2D eigenvalue weighted by molar-refractivity contribution is -0.144. The van der Waals surface area contributed by atoms with Gasteiger partial charge in [0.25, 0.3) is 0 Å². The van der Waals surface area contributed by atoms with E-state index < -0.39 is 23.9 Å². The summed E-state index contributed by atoms with van der Waals surface area (Å²) in [6, 6.07) is 11.1. The number of anilines is 1. The second-order valence-corrected chi connectivity index (χ2v) is 10.9. The molecule has 0 radical (unpaired) electrons. The number of aryl methyl sites for hydroxylation is 1. The van der Waals surface area contributed by atoms with Gasteiger partial charge in [0, 0.05) is 49.6 Å². The van der Waals surface area contributed by atoms with Crippen LogP contribution >= 0.6 is 11.6 Å². The Morgan fingerprint density at radius 3 is 2.45 bits per heavy atom. The molecule has 0 aliphatic carbocycles. The molecule has 1 fully saturated rings. The van der Waals surface area contributed by atoms with Crippen LogP contribution in [0.15, 0.2) is 42.5 Å². The molecule has 0 unspecified atom stereocenters. The number of benzene rings is 2. The summed E-state index contributed by atoms with van der Waals surface area (Å²) < 4.78 is 0. The summed E-state index contributed by atoms with van der Waals surface area (Å²) >= 11 is 6.10. The lowest BCUT2D eigenvalue weighted by atomic mass is 9.92. The normalized spacial score (nSPS) is 17.8. The second-order valence-electron chi connectivity index (χ2n) is 10.5. The van der Waals surface area contributed by atoms with Crippen molar-refractivity contribution in [2.75, 3.05) is 38.7 Å². The Bertz CT molecular complexity index is 1270. The molecular weight excluding hydrogens is 532 g/mol. The number of carbonyl (C=O) groups excluding carboxylic acids is 4. The molecule has 214 valence electrons. The first-order valence-electron chi connectivity index (χ1n) is 13.6. The van der Waals surface area contributed by atoms with Gasteiger partial charge in [-0.15, -0.1) is 0 Å². The molecule has 2 aliphatic heterocycles. The number of nitrogens with one attached hydrogen (secondary N) is 2. The molecule has 4 N–H and O–H groups in total. The van der Waals surface area contributed by atoms with Crippen LogP contribution in [-0.4, -0.2) is 83.8 Å². The fraction of sp³-hybridized carbons (Fsp3) is 0.448. The van der Waals surface area contributed by atoms with Crippen LogP contribution in [0.4, 0.5) is 5.69 Å². The lowest BCUT2D eigenvalue weighted by Gasteiger charge is -2.37. The Morgan fingerprint density at radius 1 is 1.05 bits per heavy atom. The number of rotatable bonds is 9. The summed E-state index contributed by atoms with van der Waals surface area (Å²) in [4.78, 5) is 58.1. The summed E-state index contributed by atoms with van der Waals surface area (Å²) in [5.41, 5.74) is 9.07. The predicted molar refractivity (Wildman–Crippen MR) is 153 cm³/mol. The fourth-order valence-corrected chi connectivity index (χ4v) is 5.24. The van der Waals surface area contributed by atoms with Crippen molar-refractivity contribution in [3.8, 4) is 0 Å². The van der Waals surface area contributed by atoms with E-state index in [0.29, 0.717) is 30.3 Å². The first-order valence-corrected chi connectivity index (χ1v) is 13.9. The highest BCUT2D eigenvalue weighted by molar-refractivity contribution is 6.31. The van der Waals surface area contributed by atoms with E-state index in [-0.39, 0.29) is 44.2 Å². The fourth-order valence-electron chi connectivity index (χ4n) is 5.12. The molecule has 0 spiro atoms. The van der Waals surface area contributed by atoms with Crippen molar-refractivity contribution in [2.24, 2.45) is 5.73 Å². The minimum Gasteiger partial charge on any atom is -0.342 e. The van der Waals surface area contributed by atoms with E-state index in [4.69, 9.17) is 17.3 Å². The van der Waals surface area contributed by atoms with E-state index in [1.54, 1.807) is 23.1 Å². The van der Waals surface area contributed by atoms with Crippen LogP contribution < -0.4 is 16.4 Å². The van der Waals surface area contributed by atoms with Gasteiger partial charge in [-0.3, -0.25) is 24.1 Å². The average molecular weight is 569 g/mol. The third kappa shape index (κ3) is 7.18. The van der Waals surface area contributed by atoms with Crippen LogP contribution in [-0.2, 0) is 32.1 Å². The van der Waals surface area contributed by atoms with Gasteiger partial charge >= 0.3 is 0 Å². The maximum atomic E-state index is 13.6. The van der Waals surface area contributed by atoms with Crippen molar-refractivity contribution < 1.29 is 19.2 Å². The van der Waals surface area contributed by atoms with Gasteiger partial charge in [-0.25, -0.2) is 0 Å². The maximum Gasteiger partial charge on any atom is 0.246 e. The van der Waals surface area contributed by atoms with Crippen molar-refractivity contribution in [1.29, 1.82) is 0 Å². The van der Waals surface area contributed by atoms with Crippen molar-refractivity contribution in [3.63, 3.8) is 0 Å². The van der Waals surface area contributed by atoms with Crippen molar-refractivity contribution in [2.45, 2.75) is 51.2 Å². The Hall–Kier alpha value is -3.47. The highest BCUT2D eigenvalue weighted by atomic mass is 35.5. The number of likely N-dealkylation sites (N-methyl/N-ethyl adjacent to an activating group) is 1. The van der Waals surface area contributed by atoms with E-state index in [2.05, 4.69) is 10.6 Å². The maximum absolute atomic E-state index is 13.6. The Kier molecular flexibility index (Phi) is 9.78. The summed E-state index contributed by atoms with van der Waals surface area (Å²) in [7, 11) is 1.95.